The van der Waals surface area contributed by atoms with Gasteiger partial charge in [-0.15, -0.1) is 0 Å². The van der Waals surface area contributed by atoms with E-state index in [9.17, 15) is 8.63 Å². The molecule has 0 atom stereocenters. The molecule has 0 saturated carbocycles. The number of rotatable bonds is 5. The fraction of sp³-hybridized carbons (Fsp3) is 0.333. The monoisotopic (exact) mass is 258 g/mol. The van der Waals surface area contributed by atoms with Crippen LogP contribution in [-0.4, -0.2) is 20.9 Å². The smallest absolute Gasteiger partial charge is 1.00 e. The number of hydrogen-bond donors (Lipinski definition) is 0. The van der Waals surface area contributed by atoms with Crippen molar-refractivity contribution < 1.29 is 74.2 Å². The molecule has 0 spiro atoms. The molecule has 84 valence electrons. The maximum absolute atomic E-state index is 11.7. The molecule has 0 N–H and O–H groups in total. The molecule has 1 rings (SSSR count). The van der Waals surface area contributed by atoms with E-state index in [-0.39, 0.29) is 62.7 Å². The van der Waals surface area contributed by atoms with E-state index >= 15 is 0 Å². The van der Waals surface area contributed by atoms with E-state index in [2.05, 4.69) is 0 Å². The van der Waals surface area contributed by atoms with E-state index in [1.807, 2.05) is 0 Å². The first-order valence-corrected chi connectivity index (χ1v) is 4.21. The van der Waals surface area contributed by atoms with Gasteiger partial charge in [-0.25, -0.2) is 0 Å². The average molecular weight is 258 g/mol. The van der Waals surface area contributed by atoms with Gasteiger partial charge < -0.3 is 14.2 Å². The molecule has 0 unspecified atom stereocenters. The van der Waals surface area contributed by atoms with Crippen LogP contribution in [0.1, 0.15) is 5.56 Å². The summed E-state index contributed by atoms with van der Waals surface area (Å²) < 4.78 is 33.1. The Morgan fingerprint density at radius 3 is 2.19 bits per heavy atom. The second-order valence-electron chi connectivity index (χ2n) is 2.75. The van der Waals surface area contributed by atoms with Crippen molar-refractivity contribution in [1.82, 2.24) is 0 Å². The summed E-state index contributed by atoms with van der Waals surface area (Å²) in [7, 11) is -0.837. The first kappa shape index (κ1) is 18.8. The van der Waals surface area contributed by atoms with Gasteiger partial charge in [-0.2, -0.15) is 0 Å². The van der Waals surface area contributed by atoms with Crippen molar-refractivity contribution in [2.24, 2.45) is 0 Å². The van der Waals surface area contributed by atoms with Gasteiger partial charge in [0.15, 0.2) is 0 Å². The Morgan fingerprint density at radius 2 is 1.75 bits per heavy atom. The number of hydrogen-bond acceptors (Lipinski definition) is 2. The maximum Gasteiger partial charge on any atom is 1.00 e. The zero-order chi connectivity index (χ0) is 10.4. The zero-order valence-corrected chi connectivity index (χ0v) is 12.4. The number of ether oxygens (including phenoxy) is 2. The normalized spacial score (nSPS) is 8.69. The molecule has 0 aliphatic carbocycles. The summed E-state index contributed by atoms with van der Waals surface area (Å²) in [5.74, 6) is 0.739. The quantitative estimate of drug-likeness (QED) is 0.504. The Balaban J connectivity index is 0. The van der Waals surface area contributed by atoms with Gasteiger partial charge in [-0.1, -0.05) is 12.1 Å². The molecule has 0 saturated heterocycles. The van der Waals surface area contributed by atoms with E-state index in [0.29, 0.717) is 0 Å². The molecule has 0 aliphatic rings. The minimum atomic E-state index is -2.41. The number of halogens is 3. The molecular weight excluding hydrogens is 247 g/mol. The molecular formula is C9H11BF3KO2. The van der Waals surface area contributed by atoms with Crippen LogP contribution in [-0.2, 0) is 11.3 Å². The Labute approximate surface area is 136 Å². The summed E-state index contributed by atoms with van der Waals surface area (Å²) in [6.45, 7) is -0.319. The molecule has 0 amide bonds. The summed E-state index contributed by atoms with van der Waals surface area (Å²) in [5, 5.41) is 0. The molecule has 0 fully saturated rings. The summed E-state index contributed by atoms with van der Waals surface area (Å²) in [6, 6.07) is 7.09. The van der Waals surface area contributed by atoms with Crippen LogP contribution >= 0.6 is 0 Å². The third kappa shape index (κ3) is 7.70. The molecule has 0 radical (unpaired) electrons. The van der Waals surface area contributed by atoms with Crippen molar-refractivity contribution in [2.45, 2.75) is 6.61 Å². The van der Waals surface area contributed by atoms with Gasteiger partial charge >= 0.3 is 58.7 Å². The maximum atomic E-state index is 11.7. The number of methoxy groups -OCH3 is 1. The van der Waals surface area contributed by atoms with E-state index in [0.717, 1.165) is 11.3 Å². The Kier molecular flexibility index (Phi) is 12.5. The molecule has 1 aromatic carbocycles. The largest absolute Gasteiger partial charge is 1.00 e. The topological polar surface area (TPSA) is 18.5 Å². The SMILES string of the molecule is COc1ccc(COCB(F)F)cc1.[F-].[K+]. The van der Waals surface area contributed by atoms with Crippen molar-refractivity contribution >= 4 is 7.27 Å². The summed E-state index contributed by atoms with van der Waals surface area (Å²) in [6.07, 6.45) is 0. The fourth-order valence-electron chi connectivity index (χ4n) is 0.988. The Hall–Kier alpha value is 0.471. The first-order chi connectivity index (χ1) is 6.72. The van der Waals surface area contributed by atoms with Crippen LogP contribution in [0.15, 0.2) is 24.3 Å². The minimum absolute atomic E-state index is 0. The Morgan fingerprint density at radius 1 is 1.19 bits per heavy atom. The average Bonchev–Trinajstić information content (AvgIpc) is 2.18. The van der Waals surface area contributed by atoms with Gasteiger partial charge in [0.25, 0.3) is 0 Å². The Bertz CT molecular complexity index is 272. The van der Waals surface area contributed by atoms with Crippen LogP contribution in [0.5, 0.6) is 5.75 Å². The first-order valence-electron chi connectivity index (χ1n) is 4.21. The summed E-state index contributed by atoms with van der Waals surface area (Å²) in [4.78, 5) is 0. The molecule has 0 bridgehead atoms. The predicted molar refractivity (Wildman–Crippen MR) is 50.6 cm³/mol. The molecule has 0 aromatic heterocycles. The van der Waals surface area contributed by atoms with Crippen LogP contribution in [0.3, 0.4) is 0 Å². The van der Waals surface area contributed by atoms with Crippen LogP contribution in [0.25, 0.3) is 0 Å². The van der Waals surface area contributed by atoms with Crippen molar-refractivity contribution in [3.05, 3.63) is 29.8 Å². The van der Waals surface area contributed by atoms with Crippen molar-refractivity contribution in [2.75, 3.05) is 13.6 Å². The van der Waals surface area contributed by atoms with Crippen molar-refractivity contribution in [3.63, 3.8) is 0 Å². The van der Waals surface area contributed by atoms with E-state index in [1.54, 1.807) is 31.4 Å². The zero-order valence-electron chi connectivity index (χ0n) is 9.25. The molecule has 16 heavy (non-hydrogen) atoms. The number of benzene rings is 1. The van der Waals surface area contributed by atoms with Gasteiger partial charge in [0.1, 0.15) is 5.75 Å². The van der Waals surface area contributed by atoms with E-state index < -0.39 is 13.8 Å². The second kappa shape index (κ2) is 10.6. The minimum Gasteiger partial charge on any atom is -1.00 e. The van der Waals surface area contributed by atoms with Crippen LogP contribution in [0.2, 0.25) is 0 Å². The second-order valence-corrected chi connectivity index (χ2v) is 2.75. The van der Waals surface area contributed by atoms with Gasteiger partial charge in [0.2, 0.25) is 0 Å². The summed E-state index contributed by atoms with van der Waals surface area (Å²) in [5.41, 5.74) is 0.853. The molecule has 2 nitrogen and oxygen atoms in total. The molecule has 1 aromatic rings. The van der Waals surface area contributed by atoms with E-state index in [1.165, 1.54) is 0 Å². The third-order valence-electron chi connectivity index (χ3n) is 1.67. The third-order valence-corrected chi connectivity index (χ3v) is 1.67. The van der Waals surface area contributed by atoms with Crippen LogP contribution < -0.4 is 60.8 Å². The molecule has 7 heteroatoms. The van der Waals surface area contributed by atoms with Crippen LogP contribution in [0.4, 0.5) is 8.63 Å². The van der Waals surface area contributed by atoms with Gasteiger partial charge in [0.05, 0.1) is 20.2 Å². The predicted octanol–water partition coefficient (Wildman–Crippen LogP) is -3.81. The molecule has 0 heterocycles. The van der Waals surface area contributed by atoms with Crippen molar-refractivity contribution in [3.8, 4) is 5.75 Å². The molecule has 0 aliphatic heterocycles. The van der Waals surface area contributed by atoms with E-state index in [4.69, 9.17) is 9.47 Å². The van der Waals surface area contributed by atoms with Crippen molar-refractivity contribution in [1.29, 1.82) is 0 Å². The van der Waals surface area contributed by atoms with Gasteiger partial charge in [0, 0.05) is 0 Å². The van der Waals surface area contributed by atoms with Crippen LogP contribution in [0, 0.1) is 0 Å². The fourth-order valence-corrected chi connectivity index (χ4v) is 0.988. The summed E-state index contributed by atoms with van der Waals surface area (Å²) >= 11 is 0. The standard InChI is InChI=1S/C9H11BF2O2.FH.K/c1-13-9-4-2-8(3-5-9)6-14-7-10(11)12;;/h2-5H,6-7H2,1H3;1H;/q;;+1/p-1. The van der Waals surface area contributed by atoms with Gasteiger partial charge in [-0.3, -0.25) is 8.63 Å². The van der Waals surface area contributed by atoms with Gasteiger partial charge in [-0.05, 0) is 17.7 Å².